The van der Waals surface area contributed by atoms with Crippen LogP contribution >= 0.6 is 39.0 Å². The van der Waals surface area contributed by atoms with E-state index in [1.165, 1.54) is 20.8 Å². The van der Waals surface area contributed by atoms with Gasteiger partial charge in [0.25, 0.3) is 0 Å². The van der Waals surface area contributed by atoms with E-state index >= 15 is 0 Å². The second kappa shape index (κ2) is 7.93. The number of rotatable bonds is 7. The summed E-state index contributed by atoms with van der Waals surface area (Å²) in [7, 11) is 0. The maximum absolute atomic E-state index is 3.67. The average molecular weight is 350 g/mol. The Bertz CT molecular complexity index is 344. The molecule has 1 N–H and O–H groups in total. The highest BCUT2D eigenvalue weighted by molar-refractivity contribution is 9.11. The number of thiophene rings is 1. The molecular weight excluding hydrogens is 326 g/mol. The number of hydrogen-bond acceptors (Lipinski definition) is 3. The van der Waals surface area contributed by atoms with Crippen LogP contribution in [0.4, 0.5) is 0 Å². The van der Waals surface area contributed by atoms with Crippen molar-refractivity contribution in [3.05, 3.63) is 20.8 Å². The van der Waals surface area contributed by atoms with Crippen molar-refractivity contribution in [3.8, 4) is 0 Å². The predicted octanol–water partition coefficient (Wildman–Crippen LogP) is 4.95. The molecule has 104 valence electrons. The van der Waals surface area contributed by atoms with Gasteiger partial charge in [0.15, 0.2) is 0 Å². The fourth-order valence-corrected chi connectivity index (χ4v) is 4.09. The molecule has 1 aromatic rings. The lowest BCUT2D eigenvalue weighted by molar-refractivity contribution is 0.551. The third-order valence-corrected chi connectivity index (χ3v) is 5.56. The summed E-state index contributed by atoms with van der Waals surface area (Å²) in [6.07, 6.45) is 2.34. The maximum atomic E-state index is 3.67. The highest BCUT2D eigenvalue weighted by Crippen LogP contribution is 2.27. The van der Waals surface area contributed by atoms with Crippen molar-refractivity contribution in [3.63, 3.8) is 0 Å². The molecule has 0 saturated heterocycles. The molecule has 0 bridgehead atoms. The van der Waals surface area contributed by atoms with Gasteiger partial charge in [-0.1, -0.05) is 27.7 Å². The Morgan fingerprint density at radius 1 is 1.39 bits per heavy atom. The average Bonchev–Trinajstić information content (AvgIpc) is 2.67. The third kappa shape index (κ3) is 7.17. The van der Waals surface area contributed by atoms with Crippen molar-refractivity contribution >= 4 is 39.0 Å². The van der Waals surface area contributed by atoms with E-state index in [1.807, 2.05) is 23.1 Å². The van der Waals surface area contributed by atoms with Gasteiger partial charge in [0.2, 0.25) is 0 Å². The first kappa shape index (κ1) is 16.5. The van der Waals surface area contributed by atoms with E-state index in [0.717, 1.165) is 13.0 Å². The van der Waals surface area contributed by atoms with E-state index in [4.69, 9.17) is 0 Å². The third-order valence-electron chi connectivity index (χ3n) is 2.48. The molecule has 0 fully saturated rings. The Balaban J connectivity index is 2.49. The van der Waals surface area contributed by atoms with Crippen molar-refractivity contribution in [2.75, 3.05) is 12.3 Å². The summed E-state index contributed by atoms with van der Waals surface area (Å²) >= 11 is 7.44. The largest absolute Gasteiger partial charge is 0.313 e. The SMILES string of the molecule is CCCNC(CSC(C)(C)C)Cc1ccc(Br)s1. The van der Waals surface area contributed by atoms with Crippen LogP contribution in [0, 0.1) is 0 Å². The van der Waals surface area contributed by atoms with Gasteiger partial charge in [0, 0.05) is 21.4 Å². The highest BCUT2D eigenvalue weighted by atomic mass is 79.9. The van der Waals surface area contributed by atoms with Crippen LogP contribution in [0.2, 0.25) is 0 Å². The standard InChI is InChI=1S/C14H24BrNS2/c1-5-8-16-11(10-17-14(2,3)4)9-12-6-7-13(15)18-12/h6-7,11,16H,5,8-10H2,1-4H3. The Hall–Kier alpha value is 0.490. The highest BCUT2D eigenvalue weighted by Gasteiger charge is 2.16. The van der Waals surface area contributed by atoms with Crippen LogP contribution in [0.15, 0.2) is 15.9 Å². The first-order valence-corrected chi connectivity index (χ1v) is 9.12. The van der Waals surface area contributed by atoms with Crippen molar-refractivity contribution in [1.29, 1.82) is 0 Å². The Morgan fingerprint density at radius 3 is 2.61 bits per heavy atom. The van der Waals surface area contributed by atoms with Crippen LogP contribution in [-0.2, 0) is 6.42 Å². The molecule has 1 nitrogen and oxygen atoms in total. The van der Waals surface area contributed by atoms with Crippen molar-refractivity contribution < 1.29 is 0 Å². The number of hydrogen-bond donors (Lipinski definition) is 1. The van der Waals surface area contributed by atoms with Gasteiger partial charge in [0.05, 0.1) is 3.79 Å². The molecule has 1 unspecified atom stereocenters. The lowest BCUT2D eigenvalue weighted by atomic mass is 10.2. The minimum Gasteiger partial charge on any atom is -0.313 e. The van der Waals surface area contributed by atoms with Gasteiger partial charge >= 0.3 is 0 Å². The van der Waals surface area contributed by atoms with Gasteiger partial charge < -0.3 is 5.32 Å². The Kier molecular flexibility index (Phi) is 7.29. The minimum absolute atomic E-state index is 0.349. The lowest BCUT2D eigenvalue weighted by Gasteiger charge is -2.23. The molecule has 18 heavy (non-hydrogen) atoms. The molecule has 1 atom stereocenters. The first-order valence-electron chi connectivity index (χ1n) is 6.52. The van der Waals surface area contributed by atoms with Gasteiger partial charge in [-0.15, -0.1) is 11.3 Å². The van der Waals surface area contributed by atoms with Crippen LogP contribution in [0.5, 0.6) is 0 Å². The molecule has 0 amide bonds. The maximum Gasteiger partial charge on any atom is 0.0701 e. The minimum atomic E-state index is 0.349. The van der Waals surface area contributed by atoms with E-state index in [1.54, 1.807) is 0 Å². The van der Waals surface area contributed by atoms with Crippen molar-refractivity contribution in [2.24, 2.45) is 0 Å². The first-order chi connectivity index (χ1) is 8.40. The molecule has 1 aromatic heterocycles. The summed E-state index contributed by atoms with van der Waals surface area (Å²) in [5.74, 6) is 1.18. The fourth-order valence-electron chi connectivity index (χ4n) is 1.59. The summed E-state index contributed by atoms with van der Waals surface area (Å²) in [6.45, 7) is 10.2. The number of halogens is 1. The molecule has 0 saturated carbocycles. The van der Waals surface area contributed by atoms with E-state index in [-0.39, 0.29) is 0 Å². The van der Waals surface area contributed by atoms with Gasteiger partial charge in [-0.25, -0.2) is 0 Å². The van der Waals surface area contributed by atoms with Crippen LogP contribution in [0.3, 0.4) is 0 Å². The molecule has 0 aliphatic heterocycles. The molecule has 0 spiro atoms. The Labute approximate surface area is 128 Å². The van der Waals surface area contributed by atoms with E-state index < -0.39 is 0 Å². The molecule has 0 aliphatic rings. The zero-order chi connectivity index (χ0) is 13.6. The molecule has 0 aromatic carbocycles. The normalized spacial score (nSPS) is 13.8. The van der Waals surface area contributed by atoms with E-state index in [2.05, 4.69) is 61.1 Å². The second-order valence-electron chi connectivity index (χ2n) is 5.48. The van der Waals surface area contributed by atoms with E-state index in [0.29, 0.717) is 10.8 Å². The Morgan fingerprint density at radius 2 is 2.11 bits per heavy atom. The van der Waals surface area contributed by atoms with Crippen LogP contribution in [-0.4, -0.2) is 23.1 Å². The van der Waals surface area contributed by atoms with Crippen LogP contribution < -0.4 is 5.32 Å². The zero-order valence-corrected chi connectivity index (χ0v) is 15.0. The molecular formula is C14H24BrNS2. The topological polar surface area (TPSA) is 12.0 Å². The predicted molar refractivity (Wildman–Crippen MR) is 90.0 cm³/mol. The number of nitrogens with one attached hydrogen (secondary N) is 1. The van der Waals surface area contributed by atoms with Gasteiger partial charge in [-0.3, -0.25) is 0 Å². The smallest absolute Gasteiger partial charge is 0.0701 e. The van der Waals surface area contributed by atoms with Crippen LogP contribution in [0.1, 0.15) is 39.0 Å². The van der Waals surface area contributed by atoms with E-state index in [9.17, 15) is 0 Å². The molecule has 1 heterocycles. The van der Waals surface area contributed by atoms with Crippen molar-refractivity contribution in [1.82, 2.24) is 5.32 Å². The van der Waals surface area contributed by atoms with Gasteiger partial charge in [0.1, 0.15) is 0 Å². The fraction of sp³-hybridized carbons (Fsp3) is 0.714. The van der Waals surface area contributed by atoms with Gasteiger partial charge in [-0.05, 0) is 47.4 Å². The molecule has 4 heteroatoms. The summed E-state index contributed by atoms with van der Waals surface area (Å²) < 4.78 is 1.58. The lowest BCUT2D eigenvalue weighted by Crippen LogP contribution is -2.35. The molecule has 1 rings (SSSR count). The monoisotopic (exact) mass is 349 g/mol. The van der Waals surface area contributed by atoms with Gasteiger partial charge in [-0.2, -0.15) is 11.8 Å². The molecule has 0 aliphatic carbocycles. The summed E-state index contributed by atoms with van der Waals surface area (Å²) in [4.78, 5) is 1.46. The summed E-state index contributed by atoms with van der Waals surface area (Å²) in [5.41, 5.74) is 0. The quantitative estimate of drug-likeness (QED) is 0.746. The second-order valence-corrected chi connectivity index (χ2v) is 9.88. The zero-order valence-electron chi connectivity index (χ0n) is 11.8. The number of thioether (sulfide) groups is 1. The van der Waals surface area contributed by atoms with Crippen LogP contribution in [0.25, 0.3) is 0 Å². The van der Waals surface area contributed by atoms with Crippen molar-refractivity contribution in [2.45, 2.75) is 51.3 Å². The molecule has 0 radical (unpaired) electrons. The summed E-state index contributed by atoms with van der Waals surface area (Å²) in [5, 5.41) is 3.67. The summed E-state index contributed by atoms with van der Waals surface area (Å²) in [6, 6.07) is 4.96.